The van der Waals surface area contributed by atoms with E-state index < -0.39 is 11.7 Å². The predicted octanol–water partition coefficient (Wildman–Crippen LogP) is 3.92. The monoisotopic (exact) mass is 595 g/mol. The Kier molecular flexibility index (Phi) is 12.5. The van der Waals surface area contributed by atoms with Crippen molar-refractivity contribution in [3.8, 4) is 11.8 Å². The Morgan fingerprint density at radius 1 is 0.977 bits per heavy atom. The van der Waals surface area contributed by atoms with Crippen molar-refractivity contribution in [3.05, 3.63) is 82.8 Å². The number of nitrogens with two attached hydrogens (primary N) is 1. The van der Waals surface area contributed by atoms with Crippen molar-refractivity contribution in [3.63, 3.8) is 0 Å². The molecule has 1 aliphatic carbocycles. The minimum Gasteiger partial charge on any atom is -0.388 e. The third-order valence-corrected chi connectivity index (χ3v) is 6.80. The number of halogens is 3. The van der Waals surface area contributed by atoms with Crippen LogP contribution in [0.3, 0.4) is 0 Å². The molecule has 0 atom stereocenters. The quantitative estimate of drug-likeness (QED) is 0.292. The average molecular weight is 596 g/mol. The Morgan fingerprint density at radius 3 is 2.09 bits per heavy atom. The summed E-state index contributed by atoms with van der Waals surface area (Å²) < 4.78 is 39.4. The molecule has 43 heavy (non-hydrogen) atoms. The fourth-order valence-corrected chi connectivity index (χ4v) is 4.24. The van der Waals surface area contributed by atoms with Gasteiger partial charge in [0.2, 0.25) is 12.8 Å². The van der Waals surface area contributed by atoms with Crippen molar-refractivity contribution in [2.45, 2.75) is 31.5 Å². The van der Waals surface area contributed by atoms with Crippen LogP contribution in [0.5, 0.6) is 0 Å². The molecule has 5 rings (SSSR count). The molecule has 228 valence electrons. The molecule has 0 radical (unpaired) electrons. The van der Waals surface area contributed by atoms with E-state index in [1.54, 1.807) is 31.4 Å². The standard InChI is InChI=1S/C16H13N3O.C14H20F3N3.CH3NO/c20-11-19-16-8-4-13(10-18-16)2-1-12-3-7-15(17-9-12)14-5-6-14;1-18-12-4-3-11(13(9-12)14(15,16)17)10-20-7-5-19(2)6-8-20;2-1-3/h3-4,7-11,14H,5-6H2,(H,18,19,20);3-4,9,18H,5-8,10H2,1-2H3;1H,(H2,2,3). The van der Waals surface area contributed by atoms with Gasteiger partial charge in [-0.05, 0) is 61.9 Å². The van der Waals surface area contributed by atoms with E-state index in [0.717, 1.165) is 37.3 Å². The summed E-state index contributed by atoms with van der Waals surface area (Å²) in [6.45, 7) is 3.77. The number of aromatic nitrogens is 2. The molecule has 2 aliphatic rings. The first-order valence-corrected chi connectivity index (χ1v) is 13.7. The van der Waals surface area contributed by atoms with E-state index in [1.807, 2.05) is 25.4 Å². The first kappa shape index (κ1) is 33.0. The lowest BCUT2D eigenvalue weighted by Crippen LogP contribution is -2.44. The summed E-state index contributed by atoms with van der Waals surface area (Å²) in [7, 11) is 3.65. The summed E-state index contributed by atoms with van der Waals surface area (Å²) in [5.41, 5.74) is 7.32. The number of piperazine rings is 1. The summed E-state index contributed by atoms with van der Waals surface area (Å²) in [5.74, 6) is 7.26. The third kappa shape index (κ3) is 11.0. The van der Waals surface area contributed by atoms with E-state index >= 15 is 0 Å². The van der Waals surface area contributed by atoms with Crippen molar-refractivity contribution in [1.82, 2.24) is 19.8 Å². The van der Waals surface area contributed by atoms with Crippen molar-refractivity contribution in [2.24, 2.45) is 5.73 Å². The van der Waals surface area contributed by atoms with Gasteiger partial charge in [-0.25, -0.2) is 4.98 Å². The molecular weight excluding hydrogens is 559 g/mol. The van der Waals surface area contributed by atoms with Gasteiger partial charge in [-0.2, -0.15) is 13.2 Å². The largest absolute Gasteiger partial charge is 0.416 e. The van der Waals surface area contributed by atoms with E-state index in [1.165, 1.54) is 24.6 Å². The van der Waals surface area contributed by atoms with Crippen LogP contribution >= 0.6 is 0 Å². The van der Waals surface area contributed by atoms with Crippen molar-refractivity contribution >= 4 is 24.3 Å². The Labute approximate surface area is 249 Å². The Morgan fingerprint density at radius 2 is 1.60 bits per heavy atom. The van der Waals surface area contributed by atoms with Crippen molar-refractivity contribution in [2.75, 3.05) is 50.9 Å². The number of carbonyl (C=O) groups is 2. The highest BCUT2D eigenvalue weighted by molar-refractivity contribution is 5.68. The number of nitrogens with one attached hydrogen (secondary N) is 2. The molecule has 2 fully saturated rings. The maximum atomic E-state index is 13.1. The fourth-order valence-electron chi connectivity index (χ4n) is 4.24. The second-order valence-corrected chi connectivity index (χ2v) is 10.0. The summed E-state index contributed by atoms with van der Waals surface area (Å²) in [5, 5.41) is 5.24. The topological polar surface area (TPSA) is 116 Å². The molecule has 4 N–H and O–H groups in total. The number of pyridine rings is 2. The number of hydrogen-bond donors (Lipinski definition) is 3. The summed E-state index contributed by atoms with van der Waals surface area (Å²) in [4.78, 5) is 31.6. The van der Waals surface area contributed by atoms with Gasteiger partial charge in [0.15, 0.2) is 0 Å². The van der Waals surface area contributed by atoms with Crippen molar-refractivity contribution < 1.29 is 22.8 Å². The fraction of sp³-hybridized carbons (Fsp3) is 0.355. The van der Waals surface area contributed by atoms with Crippen LogP contribution in [0.25, 0.3) is 0 Å². The summed E-state index contributed by atoms with van der Waals surface area (Å²) in [6, 6.07) is 12.0. The molecule has 12 heteroatoms. The van der Waals surface area contributed by atoms with Gasteiger partial charge in [0, 0.05) is 80.6 Å². The van der Waals surface area contributed by atoms with E-state index in [9.17, 15) is 18.0 Å². The maximum Gasteiger partial charge on any atom is 0.416 e. The molecule has 1 saturated carbocycles. The molecular formula is C31H36F3N7O2. The Hall–Kier alpha value is -4.47. The van der Waals surface area contributed by atoms with Crippen LogP contribution in [-0.4, -0.2) is 72.9 Å². The highest BCUT2D eigenvalue weighted by Crippen LogP contribution is 2.38. The van der Waals surface area contributed by atoms with Crippen molar-refractivity contribution in [1.29, 1.82) is 0 Å². The normalized spacial score (nSPS) is 14.9. The lowest BCUT2D eigenvalue weighted by atomic mass is 10.0. The van der Waals surface area contributed by atoms with Gasteiger partial charge < -0.3 is 21.3 Å². The van der Waals surface area contributed by atoms with E-state index in [-0.39, 0.29) is 6.41 Å². The average Bonchev–Trinajstić information content (AvgIpc) is 3.85. The minimum atomic E-state index is -4.31. The van der Waals surface area contributed by atoms with Crippen LogP contribution in [0.4, 0.5) is 24.7 Å². The molecule has 3 heterocycles. The van der Waals surface area contributed by atoms with Crippen LogP contribution in [0.2, 0.25) is 0 Å². The first-order valence-electron chi connectivity index (χ1n) is 13.7. The van der Waals surface area contributed by atoms with Gasteiger partial charge in [0.05, 0.1) is 5.56 Å². The number of alkyl halides is 3. The Balaban J connectivity index is 0.000000216. The molecule has 0 bridgehead atoms. The molecule has 1 saturated heterocycles. The van der Waals surface area contributed by atoms with Crippen LogP contribution in [-0.2, 0) is 22.3 Å². The Bertz CT molecular complexity index is 1380. The van der Waals surface area contributed by atoms with Crippen LogP contribution in [0.15, 0.2) is 54.9 Å². The predicted molar refractivity (Wildman–Crippen MR) is 160 cm³/mol. The molecule has 9 nitrogen and oxygen atoms in total. The number of carbonyl (C=O) groups excluding carboxylic acids is 2. The zero-order valence-corrected chi connectivity index (χ0v) is 24.2. The zero-order chi connectivity index (χ0) is 31.2. The number of likely N-dealkylation sites (N-methyl/N-ethyl adjacent to an activating group) is 1. The van der Waals surface area contributed by atoms with E-state index in [4.69, 9.17) is 4.79 Å². The highest BCUT2D eigenvalue weighted by Gasteiger charge is 2.34. The number of nitrogens with zero attached hydrogens (tertiary/aromatic N) is 4. The number of hydrogen-bond acceptors (Lipinski definition) is 7. The number of primary amides is 1. The molecule has 0 spiro atoms. The van der Waals surface area contributed by atoms with E-state index in [2.05, 4.69) is 54.0 Å². The minimum absolute atomic E-state index is 0.250. The lowest BCUT2D eigenvalue weighted by Gasteiger charge is -2.33. The third-order valence-electron chi connectivity index (χ3n) is 6.80. The SMILES string of the molecule is CNc1ccc(CN2CCN(C)CC2)c(C(F)(F)F)c1.NC=O.O=CNc1ccc(C#Cc2ccc(C3CC3)nc2)cn1. The lowest BCUT2D eigenvalue weighted by molar-refractivity contribution is -0.138. The molecule has 3 aromatic rings. The molecule has 0 unspecified atom stereocenters. The summed E-state index contributed by atoms with van der Waals surface area (Å²) >= 11 is 0. The van der Waals surface area contributed by atoms with Crippen LogP contribution in [0.1, 0.15) is 46.7 Å². The maximum absolute atomic E-state index is 13.1. The zero-order valence-electron chi connectivity index (χ0n) is 24.2. The summed E-state index contributed by atoms with van der Waals surface area (Å²) in [6.07, 6.45) is 2.49. The number of rotatable bonds is 6. The molecule has 2 aromatic heterocycles. The number of benzene rings is 1. The second-order valence-electron chi connectivity index (χ2n) is 10.0. The van der Waals surface area contributed by atoms with E-state index in [0.29, 0.717) is 35.9 Å². The molecule has 2 amide bonds. The van der Waals surface area contributed by atoms with Gasteiger partial charge in [0.1, 0.15) is 5.82 Å². The molecule has 1 aliphatic heterocycles. The highest BCUT2D eigenvalue weighted by atomic mass is 19.4. The number of amides is 2. The van der Waals surface area contributed by atoms with Gasteiger partial charge in [0.25, 0.3) is 0 Å². The molecule has 1 aromatic carbocycles. The number of anilines is 2. The van der Waals surface area contributed by atoms with Gasteiger partial charge in [-0.1, -0.05) is 17.9 Å². The van der Waals surface area contributed by atoms with Crippen LogP contribution < -0.4 is 16.4 Å². The smallest absolute Gasteiger partial charge is 0.388 e. The second kappa shape index (κ2) is 16.2. The van der Waals surface area contributed by atoms with Gasteiger partial charge in [-0.15, -0.1) is 0 Å². The van der Waals surface area contributed by atoms with Gasteiger partial charge >= 0.3 is 6.18 Å². The van der Waals surface area contributed by atoms with Crippen LogP contribution in [0, 0.1) is 11.8 Å². The van der Waals surface area contributed by atoms with Gasteiger partial charge in [-0.3, -0.25) is 19.5 Å². The first-order chi connectivity index (χ1) is 20.7.